The lowest BCUT2D eigenvalue weighted by atomic mass is 10.2. The molecule has 3 aromatic heterocycles. The molecule has 4 aromatic rings. The number of nitrogens with one attached hydrogen (secondary N) is 2. The van der Waals surface area contributed by atoms with Gasteiger partial charge in [-0.25, -0.2) is 23.1 Å². The number of rotatable bonds is 5. The Morgan fingerprint density at radius 3 is 2.70 bits per heavy atom. The largest absolute Gasteiger partial charge is 0.573 e. The highest BCUT2D eigenvalue weighted by Crippen LogP contribution is 2.37. The third kappa shape index (κ3) is 4.83. The molecule has 0 radical (unpaired) electrons. The summed E-state index contributed by atoms with van der Waals surface area (Å²) in [6.07, 6.45) is -2.68. The van der Waals surface area contributed by atoms with E-state index in [-0.39, 0.29) is 40.4 Å². The molecule has 1 fully saturated rings. The monoisotopic (exact) mass is 524 g/mol. The van der Waals surface area contributed by atoms with Crippen LogP contribution in [0.5, 0.6) is 11.5 Å². The van der Waals surface area contributed by atoms with Crippen molar-refractivity contribution >= 4 is 11.3 Å². The fraction of sp³-hybridized carbons (Fsp3) is 0.273. The maximum Gasteiger partial charge on any atom is 0.573 e. The number of aromatic nitrogens is 5. The van der Waals surface area contributed by atoms with Crippen LogP contribution in [-0.2, 0) is 0 Å². The summed E-state index contributed by atoms with van der Waals surface area (Å²) in [5, 5.41) is 4.26. The summed E-state index contributed by atoms with van der Waals surface area (Å²) in [4.78, 5) is 33.5. The molecule has 0 aliphatic carbocycles. The second kappa shape index (κ2) is 8.60. The summed E-state index contributed by atoms with van der Waals surface area (Å²) >= 11 is 0. The van der Waals surface area contributed by atoms with Gasteiger partial charge in [-0.05, 0) is 24.6 Å². The second-order valence-corrected chi connectivity index (χ2v) is 8.32. The van der Waals surface area contributed by atoms with Gasteiger partial charge in [-0.3, -0.25) is 9.78 Å². The van der Waals surface area contributed by atoms with E-state index in [0.717, 1.165) is 12.3 Å². The van der Waals surface area contributed by atoms with Crippen molar-refractivity contribution in [1.29, 1.82) is 0 Å². The Bertz CT molecular complexity index is 1590. The van der Waals surface area contributed by atoms with E-state index in [1.54, 1.807) is 0 Å². The molecule has 5 rings (SSSR count). The van der Waals surface area contributed by atoms with Crippen LogP contribution in [0.4, 0.5) is 27.6 Å². The normalized spacial score (nSPS) is 17.4. The first-order chi connectivity index (χ1) is 17.4. The number of hydrogen-bond acceptors (Lipinski definition) is 7. The van der Waals surface area contributed by atoms with Crippen molar-refractivity contribution in [3.8, 4) is 22.8 Å². The molecule has 37 heavy (non-hydrogen) atoms. The lowest BCUT2D eigenvalue weighted by Crippen LogP contribution is -2.36. The first-order valence-electron chi connectivity index (χ1n) is 10.7. The fourth-order valence-electron chi connectivity index (χ4n) is 3.98. The molecule has 1 aliphatic heterocycles. The molecule has 10 nitrogen and oxygen atoms in total. The highest BCUT2D eigenvalue weighted by Gasteiger charge is 2.50. The minimum absolute atomic E-state index is 0.00736. The number of imidazole rings is 1. The molecular weight excluding hydrogens is 507 g/mol. The van der Waals surface area contributed by atoms with E-state index in [1.807, 2.05) is 0 Å². The summed E-state index contributed by atoms with van der Waals surface area (Å²) in [5.74, 6) is -4.19. The van der Waals surface area contributed by atoms with Gasteiger partial charge in [0.15, 0.2) is 11.8 Å². The van der Waals surface area contributed by atoms with E-state index in [9.17, 15) is 22.8 Å². The molecule has 2 N–H and O–H groups in total. The van der Waals surface area contributed by atoms with Crippen molar-refractivity contribution < 1.29 is 31.4 Å². The third-order valence-corrected chi connectivity index (χ3v) is 5.70. The van der Waals surface area contributed by atoms with Crippen LogP contribution in [-0.4, -0.2) is 56.0 Å². The van der Waals surface area contributed by atoms with E-state index >= 15 is 8.78 Å². The maximum absolute atomic E-state index is 15.0. The molecule has 15 heteroatoms. The number of halogens is 5. The third-order valence-electron chi connectivity index (χ3n) is 5.70. The molecule has 0 amide bonds. The lowest BCUT2D eigenvalue weighted by molar-refractivity contribution is -0.274. The first kappa shape index (κ1) is 24.3. The number of hydrogen-bond donors (Lipinski definition) is 2. The Labute approximate surface area is 203 Å². The van der Waals surface area contributed by atoms with Crippen molar-refractivity contribution in [2.45, 2.75) is 25.3 Å². The van der Waals surface area contributed by atoms with Crippen molar-refractivity contribution in [1.82, 2.24) is 24.6 Å². The van der Waals surface area contributed by atoms with E-state index < -0.39 is 41.9 Å². The Morgan fingerprint density at radius 2 is 1.97 bits per heavy atom. The molecule has 1 aromatic carbocycles. The predicted molar refractivity (Wildman–Crippen MR) is 119 cm³/mol. The van der Waals surface area contributed by atoms with Gasteiger partial charge >= 0.3 is 18.0 Å². The number of H-pyrrole nitrogens is 2. The Hall–Kier alpha value is -4.43. The zero-order valence-corrected chi connectivity index (χ0v) is 18.8. The van der Waals surface area contributed by atoms with Gasteiger partial charge in [0, 0.05) is 24.7 Å². The van der Waals surface area contributed by atoms with Gasteiger partial charge in [0.05, 0.1) is 24.3 Å². The van der Waals surface area contributed by atoms with Crippen LogP contribution in [0.15, 0.2) is 52.4 Å². The first-order valence-corrected chi connectivity index (χ1v) is 10.7. The number of alkyl halides is 5. The van der Waals surface area contributed by atoms with Crippen molar-refractivity contribution in [2.24, 2.45) is 0 Å². The summed E-state index contributed by atoms with van der Waals surface area (Å²) in [5.41, 5.74) is -0.811. The number of nitrogens with zero attached hydrogens (tertiary/aromatic N) is 4. The molecule has 1 saturated heterocycles. The van der Waals surface area contributed by atoms with Crippen LogP contribution in [0, 0.1) is 6.92 Å². The van der Waals surface area contributed by atoms with Crippen LogP contribution in [0.25, 0.3) is 16.9 Å². The number of fused-ring (bicyclic) bond motifs is 1. The number of aryl methyl sites for hydroxylation is 1. The van der Waals surface area contributed by atoms with Crippen molar-refractivity contribution in [3.05, 3.63) is 69.3 Å². The van der Waals surface area contributed by atoms with Crippen LogP contribution >= 0.6 is 0 Å². The molecule has 1 aliphatic rings. The van der Waals surface area contributed by atoms with Gasteiger partial charge < -0.3 is 19.4 Å². The highest BCUT2D eigenvalue weighted by molar-refractivity contribution is 5.74. The van der Waals surface area contributed by atoms with Gasteiger partial charge in [-0.1, -0.05) is 6.07 Å². The minimum atomic E-state index is -4.96. The second-order valence-electron chi connectivity index (χ2n) is 8.32. The van der Waals surface area contributed by atoms with Gasteiger partial charge in [0.25, 0.3) is 5.56 Å². The summed E-state index contributed by atoms with van der Waals surface area (Å²) in [6.45, 7) is 0.217. The molecular formula is C22H17F5N6O4. The van der Waals surface area contributed by atoms with Crippen LogP contribution in [0.2, 0.25) is 0 Å². The number of ether oxygens (including phenoxy) is 2. The fourth-order valence-corrected chi connectivity index (χ4v) is 3.98. The molecule has 194 valence electrons. The number of benzene rings is 1. The standard InChI is InChI=1S/C22H17F5N6O4/c1-11-2-3-12(6-16(11)37-22(25,26)27)36-17-9-32(10-21(17,23)24)15-7-14(31-33-5-4-28-18(15)33)13-8-29-20(35)30-19(13)34/h2-8,17H,9-10H2,1H3,(H2,29,30,34,35)/t17-/m0/s1. The Kier molecular flexibility index (Phi) is 5.64. The van der Waals surface area contributed by atoms with Crippen LogP contribution < -0.4 is 25.6 Å². The van der Waals surface area contributed by atoms with Crippen LogP contribution in [0.3, 0.4) is 0 Å². The summed E-state index contributed by atoms with van der Waals surface area (Å²) in [6, 6.07) is 4.83. The predicted octanol–water partition coefficient (Wildman–Crippen LogP) is 2.88. The van der Waals surface area contributed by atoms with Crippen LogP contribution in [0.1, 0.15) is 5.56 Å². The lowest BCUT2D eigenvalue weighted by Gasteiger charge is -2.20. The zero-order chi connectivity index (χ0) is 26.5. The van der Waals surface area contributed by atoms with E-state index in [4.69, 9.17) is 4.74 Å². The molecule has 0 spiro atoms. The molecule has 0 bridgehead atoms. The summed E-state index contributed by atoms with van der Waals surface area (Å²) in [7, 11) is 0. The molecule has 1 atom stereocenters. The van der Waals surface area contributed by atoms with Gasteiger partial charge in [0.2, 0.25) is 0 Å². The van der Waals surface area contributed by atoms with E-state index in [0.29, 0.717) is 0 Å². The smallest absolute Gasteiger partial charge is 0.482 e. The average molecular weight is 524 g/mol. The van der Waals surface area contributed by atoms with Gasteiger partial charge in [-0.2, -0.15) is 5.10 Å². The van der Waals surface area contributed by atoms with E-state index in [1.165, 1.54) is 46.9 Å². The number of anilines is 1. The molecule has 0 saturated carbocycles. The number of aromatic amines is 2. The quantitative estimate of drug-likeness (QED) is 0.386. The highest BCUT2D eigenvalue weighted by atomic mass is 19.4. The van der Waals surface area contributed by atoms with Crippen molar-refractivity contribution in [3.63, 3.8) is 0 Å². The Morgan fingerprint density at radius 1 is 1.19 bits per heavy atom. The molecule has 4 heterocycles. The van der Waals surface area contributed by atoms with Gasteiger partial charge in [-0.15, -0.1) is 13.2 Å². The maximum atomic E-state index is 15.0. The zero-order valence-electron chi connectivity index (χ0n) is 18.8. The van der Waals surface area contributed by atoms with Gasteiger partial charge in [0.1, 0.15) is 17.2 Å². The van der Waals surface area contributed by atoms with Crippen molar-refractivity contribution in [2.75, 3.05) is 18.0 Å². The SMILES string of the molecule is Cc1ccc(O[C@H]2CN(c3cc(-c4c[nH]c(=O)[nH]c4=O)nn4ccnc34)CC2(F)F)cc1OC(F)(F)F. The minimum Gasteiger partial charge on any atom is -0.482 e. The topological polar surface area (TPSA) is 118 Å². The molecule has 0 unspecified atom stereocenters. The summed E-state index contributed by atoms with van der Waals surface area (Å²) < 4.78 is 78.7. The van der Waals surface area contributed by atoms with E-state index in [2.05, 4.69) is 24.8 Å². The Balaban J connectivity index is 1.47. The average Bonchev–Trinajstić information content (AvgIpc) is 3.38.